The standard InChI is InChI=1S/C17H21N3O4S/c1-11(2)9-17(22)19-13-4-6-14(7-5-13)25(23,24)20-15-8-3-12(18)10-16(15)21/h3-8,10-11,20-21H,9,18H2,1-2H3,(H,19,22). The van der Waals surface area contributed by atoms with Gasteiger partial charge in [0, 0.05) is 23.9 Å². The summed E-state index contributed by atoms with van der Waals surface area (Å²) in [5.41, 5.74) is 6.38. The van der Waals surface area contributed by atoms with E-state index >= 15 is 0 Å². The molecule has 0 saturated carbocycles. The van der Waals surface area contributed by atoms with Gasteiger partial charge in [0.2, 0.25) is 5.91 Å². The number of hydrogen-bond donors (Lipinski definition) is 4. The van der Waals surface area contributed by atoms with E-state index in [-0.39, 0.29) is 28.2 Å². The number of nitrogen functional groups attached to an aromatic ring is 1. The SMILES string of the molecule is CC(C)CC(=O)Nc1ccc(S(=O)(=O)Nc2ccc(N)cc2O)cc1. The predicted molar refractivity (Wildman–Crippen MR) is 97.9 cm³/mol. The maximum Gasteiger partial charge on any atom is 0.262 e. The number of nitrogens with two attached hydrogens (primary N) is 1. The molecule has 0 aliphatic rings. The Bertz CT molecular complexity index is 862. The van der Waals surface area contributed by atoms with Gasteiger partial charge in [-0.15, -0.1) is 0 Å². The maximum absolute atomic E-state index is 12.4. The summed E-state index contributed by atoms with van der Waals surface area (Å²) in [6.07, 6.45) is 0.387. The highest BCUT2D eigenvalue weighted by Gasteiger charge is 2.16. The lowest BCUT2D eigenvalue weighted by Gasteiger charge is -2.11. The Hall–Kier alpha value is -2.74. The van der Waals surface area contributed by atoms with Crippen LogP contribution in [0.2, 0.25) is 0 Å². The number of sulfonamides is 1. The van der Waals surface area contributed by atoms with Gasteiger partial charge in [-0.1, -0.05) is 13.8 Å². The largest absolute Gasteiger partial charge is 0.506 e. The third-order valence-electron chi connectivity index (χ3n) is 3.31. The number of carbonyl (C=O) groups excluding carboxylic acids is 1. The number of phenolic OH excluding ortho intramolecular Hbond substituents is 1. The number of anilines is 3. The number of hydrogen-bond acceptors (Lipinski definition) is 5. The molecule has 2 aromatic carbocycles. The smallest absolute Gasteiger partial charge is 0.262 e. The van der Waals surface area contributed by atoms with E-state index in [4.69, 9.17) is 5.73 Å². The molecule has 1 amide bonds. The zero-order chi connectivity index (χ0) is 18.6. The fraction of sp³-hybridized carbons (Fsp3) is 0.235. The predicted octanol–water partition coefficient (Wildman–Crippen LogP) is 2.76. The van der Waals surface area contributed by atoms with Crippen LogP contribution in [-0.2, 0) is 14.8 Å². The number of phenols is 1. The summed E-state index contributed by atoms with van der Waals surface area (Å²) < 4.78 is 27.0. The summed E-state index contributed by atoms with van der Waals surface area (Å²) in [6, 6.07) is 9.88. The molecule has 2 rings (SSSR count). The highest BCUT2D eigenvalue weighted by molar-refractivity contribution is 7.92. The van der Waals surface area contributed by atoms with E-state index in [1.54, 1.807) is 0 Å². The van der Waals surface area contributed by atoms with Crippen LogP contribution in [0.4, 0.5) is 17.1 Å². The molecule has 8 heteroatoms. The van der Waals surface area contributed by atoms with Crippen LogP contribution in [0.15, 0.2) is 47.4 Å². The highest BCUT2D eigenvalue weighted by atomic mass is 32.2. The lowest BCUT2D eigenvalue weighted by molar-refractivity contribution is -0.116. The van der Waals surface area contributed by atoms with Crippen molar-refractivity contribution in [3.8, 4) is 5.75 Å². The quantitative estimate of drug-likeness (QED) is 0.464. The van der Waals surface area contributed by atoms with Crippen molar-refractivity contribution in [2.75, 3.05) is 15.8 Å². The van der Waals surface area contributed by atoms with Crippen molar-refractivity contribution in [1.29, 1.82) is 0 Å². The number of carbonyl (C=O) groups is 1. The number of nitrogens with one attached hydrogen (secondary N) is 2. The highest BCUT2D eigenvalue weighted by Crippen LogP contribution is 2.28. The Morgan fingerprint density at radius 3 is 2.36 bits per heavy atom. The van der Waals surface area contributed by atoms with Crippen molar-refractivity contribution >= 4 is 33.0 Å². The van der Waals surface area contributed by atoms with Gasteiger partial charge in [0.1, 0.15) is 5.75 Å². The average molecular weight is 363 g/mol. The molecule has 0 radical (unpaired) electrons. The minimum atomic E-state index is -3.88. The first kappa shape index (κ1) is 18.6. The minimum absolute atomic E-state index is 0.00517. The summed E-state index contributed by atoms with van der Waals surface area (Å²) in [5.74, 6) is -0.159. The molecule has 5 N–H and O–H groups in total. The van der Waals surface area contributed by atoms with E-state index in [1.807, 2.05) is 13.8 Å². The number of amides is 1. The van der Waals surface area contributed by atoms with Crippen LogP contribution in [0.3, 0.4) is 0 Å². The summed E-state index contributed by atoms with van der Waals surface area (Å²) in [6.45, 7) is 3.88. The first-order chi connectivity index (χ1) is 11.7. The summed E-state index contributed by atoms with van der Waals surface area (Å²) in [7, 11) is -3.88. The van der Waals surface area contributed by atoms with Crippen molar-refractivity contribution in [3.63, 3.8) is 0 Å². The monoisotopic (exact) mass is 363 g/mol. The summed E-state index contributed by atoms with van der Waals surface area (Å²) in [4.78, 5) is 11.7. The molecule has 0 aliphatic carbocycles. The Morgan fingerprint density at radius 1 is 1.16 bits per heavy atom. The maximum atomic E-state index is 12.4. The van der Waals surface area contributed by atoms with Crippen molar-refractivity contribution in [1.82, 2.24) is 0 Å². The Morgan fingerprint density at radius 2 is 1.80 bits per heavy atom. The zero-order valence-corrected chi connectivity index (χ0v) is 14.8. The fourth-order valence-corrected chi connectivity index (χ4v) is 3.21. The van der Waals surface area contributed by atoms with E-state index in [9.17, 15) is 18.3 Å². The van der Waals surface area contributed by atoms with Crippen LogP contribution in [0, 0.1) is 5.92 Å². The van der Waals surface area contributed by atoms with Crippen LogP contribution in [0.5, 0.6) is 5.75 Å². The van der Waals surface area contributed by atoms with Crippen molar-refractivity contribution in [2.45, 2.75) is 25.2 Å². The molecule has 0 spiro atoms. The van der Waals surface area contributed by atoms with E-state index in [2.05, 4.69) is 10.0 Å². The Labute approximate surface area is 146 Å². The van der Waals surface area contributed by atoms with Gasteiger partial charge >= 0.3 is 0 Å². The van der Waals surface area contributed by atoms with Crippen LogP contribution in [0.1, 0.15) is 20.3 Å². The van der Waals surface area contributed by atoms with E-state index in [1.165, 1.54) is 42.5 Å². The Kier molecular flexibility index (Phi) is 5.53. The van der Waals surface area contributed by atoms with Gasteiger partial charge in [0.05, 0.1) is 10.6 Å². The van der Waals surface area contributed by atoms with Gasteiger partial charge in [-0.25, -0.2) is 8.42 Å². The average Bonchev–Trinajstić information content (AvgIpc) is 2.50. The van der Waals surface area contributed by atoms with Gasteiger partial charge in [-0.05, 0) is 42.3 Å². The third-order valence-corrected chi connectivity index (χ3v) is 4.69. The van der Waals surface area contributed by atoms with Gasteiger partial charge < -0.3 is 16.2 Å². The first-order valence-electron chi connectivity index (χ1n) is 7.68. The van der Waals surface area contributed by atoms with Crippen molar-refractivity contribution in [2.24, 2.45) is 5.92 Å². The van der Waals surface area contributed by atoms with E-state index in [0.29, 0.717) is 17.8 Å². The molecule has 0 saturated heterocycles. The fourth-order valence-electron chi connectivity index (χ4n) is 2.14. The molecule has 0 heterocycles. The molecular formula is C17H21N3O4S. The van der Waals surface area contributed by atoms with Crippen molar-refractivity contribution < 1.29 is 18.3 Å². The van der Waals surface area contributed by atoms with E-state index < -0.39 is 10.0 Å². The molecule has 134 valence electrons. The molecule has 7 nitrogen and oxygen atoms in total. The van der Waals surface area contributed by atoms with Crippen LogP contribution in [-0.4, -0.2) is 19.4 Å². The molecular weight excluding hydrogens is 342 g/mol. The second kappa shape index (κ2) is 7.43. The normalized spacial score (nSPS) is 11.3. The molecule has 0 fully saturated rings. The first-order valence-corrected chi connectivity index (χ1v) is 9.17. The third kappa shape index (κ3) is 5.12. The van der Waals surface area contributed by atoms with Gasteiger partial charge in [-0.3, -0.25) is 9.52 Å². The summed E-state index contributed by atoms with van der Waals surface area (Å²) >= 11 is 0. The minimum Gasteiger partial charge on any atom is -0.506 e. The van der Waals surface area contributed by atoms with E-state index in [0.717, 1.165) is 0 Å². The zero-order valence-electron chi connectivity index (χ0n) is 14.0. The number of aromatic hydroxyl groups is 1. The van der Waals surface area contributed by atoms with Crippen LogP contribution < -0.4 is 15.8 Å². The molecule has 25 heavy (non-hydrogen) atoms. The van der Waals surface area contributed by atoms with Crippen molar-refractivity contribution in [3.05, 3.63) is 42.5 Å². The molecule has 0 atom stereocenters. The van der Waals surface area contributed by atoms with Crippen LogP contribution >= 0.6 is 0 Å². The van der Waals surface area contributed by atoms with Gasteiger partial charge in [0.15, 0.2) is 0 Å². The number of rotatable bonds is 6. The molecule has 0 aromatic heterocycles. The second-order valence-electron chi connectivity index (χ2n) is 6.05. The molecule has 0 bridgehead atoms. The van der Waals surface area contributed by atoms with Gasteiger partial charge in [0.25, 0.3) is 10.0 Å². The molecule has 2 aromatic rings. The summed E-state index contributed by atoms with van der Waals surface area (Å²) in [5, 5.41) is 12.5. The van der Waals surface area contributed by atoms with Crippen LogP contribution in [0.25, 0.3) is 0 Å². The molecule has 0 unspecified atom stereocenters. The lowest BCUT2D eigenvalue weighted by Crippen LogP contribution is -2.15. The lowest BCUT2D eigenvalue weighted by atomic mass is 10.1. The Balaban J connectivity index is 2.13. The second-order valence-corrected chi connectivity index (χ2v) is 7.74. The number of benzene rings is 2. The van der Waals surface area contributed by atoms with Gasteiger partial charge in [-0.2, -0.15) is 0 Å². The topological polar surface area (TPSA) is 122 Å². The molecule has 0 aliphatic heterocycles.